The number of hydrogen-bond acceptors (Lipinski definition) is 4. The zero-order valence-electron chi connectivity index (χ0n) is 9.85. The number of benzene rings is 1. The van der Waals surface area contributed by atoms with E-state index < -0.39 is 0 Å². The lowest BCUT2D eigenvalue weighted by Gasteiger charge is -2.14. The van der Waals surface area contributed by atoms with Crippen molar-refractivity contribution in [2.45, 2.75) is 0 Å². The van der Waals surface area contributed by atoms with Crippen LogP contribution in [-0.2, 0) is 0 Å². The molecule has 6 heteroatoms. The molecule has 0 bridgehead atoms. The number of ether oxygens (including phenoxy) is 1. The first kappa shape index (κ1) is 13.8. The van der Waals surface area contributed by atoms with Crippen molar-refractivity contribution in [2.24, 2.45) is 10.9 Å². The highest BCUT2D eigenvalue weighted by Crippen LogP contribution is 2.26. The SMILES string of the molecule is CN(C)CCOc1cccc(Br)c1/C(N)=N/O. The second kappa shape index (κ2) is 6.46. The Balaban J connectivity index is 2.88. The van der Waals surface area contributed by atoms with Gasteiger partial charge in [-0.1, -0.05) is 11.2 Å². The van der Waals surface area contributed by atoms with E-state index in [0.717, 1.165) is 11.0 Å². The fourth-order valence-electron chi connectivity index (χ4n) is 1.26. The number of nitrogens with zero attached hydrogens (tertiary/aromatic N) is 2. The van der Waals surface area contributed by atoms with Gasteiger partial charge in [0.05, 0.1) is 5.56 Å². The van der Waals surface area contributed by atoms with Crippen molar-refractivity contribution in [1.82, 2.24) is 4.90 Å². The van der Waals surface area contributed by atoms with E-state index in [9.17, 15) is 0 Å². The van der Waals surface area contributed by atoms with Gasteiger partial charge in [0.15, 0.2) is 5.84 Å². The molecule has 0 unspecified atom stereocenters. The second-order valence-electron chi connectivity index (χ2n) is 3.75. The number of halogens is 1. The molecule has 0 atom stereocenters. The number of rotatable bonds is 5. The summed E-state index contributed by atoms with van der Waals surface area (Å²) in [5.74, 6) is 0.619. The van der Waals surface area contributed by atoms with Crippen LogP contribution in [0.25, 0.3) is 0 Å². The van der Waals surface area contributed by atoms with Gasteiger partial charge in [-0.25, -0.2) is 0 Å². The second-order valence-corrected chi connectivity index (χ2v) is 4.60. The molecule has 3 N–H and O–H groups in total. The molecule has 5 nitrogen and oxygen atoms in total. The lowest BCUT2D eigenvalue weighted by Crippen LogP contribution is -2.21. The zero-order valence-corrected chi connectivity index (χ0v) is 11.4. The maximum Gasteiger partial charge on any atom is 0.174 e. The van der Waals surface area contributed by atoms with E-state index in [2.05, 4.69) is 21.1 Å². The van der Waals surface area contributed by atoms with Gasteiger partial charge >= 0.3 is 0 Å². The van der Waals surface area contributed by atoms with Gasteiger partial charge in [0.1, 0.15) is 12.4 Å². The van der Waals surface area contributed by atoms with E-state index in [-0.39, 0.29) is 5.84 Å². The van der Waals surface area contributed by atoms with Crippen molar-refractivity contribution in [2.75, 3.05) is 27.2 Å². The fourth-order valence-corrected chi connectivity index (χ4v) is 1.81. The summed E-state index contributed by atoms with van der Waals surface area (Å²) in [5.41, 5.74) is 6.17. The van der Waals surface area contributed by atoms with E-state index in [1.807, 2.05) is 31.1 Å². The molecule has 17 heavy (non-hydrogen) atoms. The van der Waals surface area contributed by atoms with Gasteiger partial charge in [-0.05, 0) is 42.2 Å². The number of hydrogen-bond donors (Lipinski definition) is 2. The fraction of sp³-hybridized carbons (Fsp3) is 0.364. The smallest absolute Gasteiger partial charge is 0.174 e. The Morgan fingerprint density at radius 1 is 1.53 bits per heavy atom. The summed E-state index contributed by atoms with van der Waals surface area (Å²) in [5, 5.41) is 11.7. The molecule has 0 fully saturated rings. The molecule has 0 aliphatic heterocycles. The summed E-state index contributed by atoms with van der Waals surface area (Å²) in [6.45, 7) is 1.33. The molecule has 0 aliphatic rings. The third-order valence-corrected chi connectivity index (χ3v) is 2.80. The normalized spacial score (nSPS) is 11.9. The Bertz CT molecular complexity index is 408. The Morgan fingerprint density at radius 2 is 2.24 bits per heavy atom. The highest BCUT2D eigenvalue weighted by Gasteiger charge is 2.12. The minimum Gasteiger partial charge on any atom is -0.491 e. The van der Waals surface area contributed by atoms with Gasteiger partial charge in [-0.15, -0.1) is 0 Å². The van der Waals surface area contributed by atoms with Crippen LogP contribution in [0.1, 0.15) is 5.56 Å². The molecule has 1 aromatic carbocycles. The molecule has 0 radical (unpaired) electrons. The maximum absolute atomic E-state index is 8.73. The van der Waals surface area contributed by atoms with Crippen molar-refractivity contribution < 1.29 is 9.94 Å². The molecule has 0 saturated carbocycles. The number of likely N-dealkylation sites (N-methyl/N-ethyl adjacent to an activating group) is 1. The van der Waals surface area contributed by atoms with Crippen LogP contribution in [0.2, 0.25) is 0 Å². The molecule has 0 amide bonds. The summed E-state index contributed by atoms with van der Waals surface area (Å²) >= 11 is 3.35. The molecule has 0 spiro atoms. The van der Waals surface area contributed by atoms with Crippen molar-refractivity contribution >= 4 is 21.8 Å². The average molecular weight is 302 g/mol. The van der Waals surface area contributed by atoms with Crippen molar-refractivity contribution in [3.05, 3.63) is 28.2 Å². The Morgan fingerprint density at radius 3 is 2.82 bits per heavy atom. The molecular formula is C11H16BrN3O2. The first-order chi connectivity index (χ1) is 8.06. The lowest BCUT2D eigenvalue weighted by molar-refractivity contribution is 0.260. The zero-order chi connectivity index (χ0) is 12.8. The molecule has 94 valence electrons. The first-order valence-electron chi connectivity index (χ1n) is 5.10. The topological polar surface area (TPSA) is 71.1 Å². The molecular weight excluding hydrogens is 286 g/mol. The van der Waals surface area contributed by atoms with E-state index >= 15 is 0 Å². The Hall–Kier alpha value is -1.27. The van der Waals surface area contributed by atoms with Crippen molar-refractivity contribution in [3.63, 3.8) is 0 Å². The van der Waals surface area contributed by atoms with Crippen LogP contribution in [0.4, 0.5) is 0 Å². The van der Waals surface area contributed by atoms with Crippen LogP contribution < -0.4 is 10.5 Å². The lowest BCUT2D eigenvalue weighted by atomic mass is 10.2. The van der Waals surface area contributed by atoms with Gasteiger partial charge in [-0.3, -0.25) is 0 Å². The summed E-state index contributed by atoms with van der Waals surface area (Å²) in [7, 11) is 3.93. The van der Waals surface area contributed by atoms with Crippen LogP contribution in [0.3, 0.4) is 0 Å². The molecule has 1 rings (SSSR count). The molecule has 0 aliphatic carbocycles. The third-order valence-electron chi connectivity index (χ3n) is 2.14. The van der Waals surface area contributed by atoms with Crippen LogP contribution in [0, 0.1) is 0 Å². The maximum atomic E-state index is 8.73. The highest BCUT2D eigenvalue weighted by molar-refractivity contribution is 9.10. The van der Waals surface area contributed by atoms with Crippen LogP contribution in [-0.4, -0.2) is 43.2 Å². The molecule has 0 saturated heterocycles. The number of amidine groups is 1. The molecule has 0 aromatic heterocycles. The van der Waals surface area contributed by atoms with E-state index in [1.165, 1.54) is 0 Å². The predicted octanol–water partition coefficient (Wildman–Crippen LogP) is 1.48. The average Bonchev–Trinajstić information content (AvgIpc) is 2.28. The Kier molecular flexibility index (Phi) is 5.24. The summed E-state index contributed by atoms with van der Waals surface area (Å²) < 4.78 is 6.34. The van der Waals surface area contributed by atoms with Gasteiger partial charge in [0.2, 0.25) is 0 Å². The van der Waals surface area contributed by atoms with Gasteiger partial charge in [0.25, 0.3) is 0 Å². The van der Waals surface area contributed by atoms with Crippen molar-refractivity contribution in [3.8, 4) is 5.75 Å². The number of nitrogens with two attached hydrogens (primary N) is 1. The Labute approximate surface area is 109 Å². The summed E-state index contributed by atoms with van der Waals surface area (Å²) in [4.78, 5) is 2.02. The third kappa shape index (κ3) is 3.90. The summed E-state index contributed by atoms with van der Waals surface area (Å²) in [6.07, 6.45) is 0. The van der Waals surface area contributed by atoms with Gasteiger partial charge in [0, 0.05) is 11.0 Å². The molecule has 1 aromatic rings. The van der Waals surface area contributed by atoms with E-state index in [0.29, 0.717) is 17.9 Å². The minimum absolute atomic E-state index is 0.0253. The van der Waals surface area contributed by atoms with Crippen LogP contribution >= 0.6 is 15.9 Å². The largest absolute Gasteiger partial charge is 0.491 e. The quantitative estimate of drug-likeness (QED) is 0.374. The highest BCUT2D eigenvalue weighted by atomic mass is 79.9. The van der Waals surface area contributed by atoms with E-state index in [4.69, 9.17) is 15.7 Å². The van der Waals surface area contributed by atoms with Gasteiger partial charge < -0.3 is 20.6 Å². The predicted molar refractivity (Wildman–Crippen MR) is 70.7 cm³/mol. The van der Waals surface area contributed by atoms with Gasteiger partial charge in [-0.2, -0.15) is 0 Å². The first-order valence-corrected chi connectivity index (χ1v) is 5.89. The number of oxime groups is 1. The monoisotopic (exact) mass is 301 g/mol. The summed E-state index contributed by atoms with van der Waals surface area (Å²) in [6, 6.07) is 5.43. The van der Waals surface area contributed by atoms with E-state index in [1.54, 1.807) is 6.07 Å². The van der Waals surface area contributed by atoms with Crippen LogP contribution in [0.5, 0.6) is 5.75 Å². The van der Waals surface area contributed by atoms with Crippen molar-refractivity contribution in [1.29, 1.82) is 0 Å². The molecule has 0 heterocycles. The van der Waals surface area contributed by atoms with Crippen LogP contribution in [0.15, 0.2) is 27.8 Å². The standard InChI is InChI=1S/C11H16BrN3O2/c1-15(2)6-7-17-9-5-3-4-8(12)10(9)11(13)14-16/h3-5,16H,6-7H2,1-2H3,(H2,13,14). The minimum atomic E-state index is 0.0253.